The van der Waals surface area contributed by atoms with Crippen molar-refractivity contribution in [2.45, 2.75) is 31.7 Å². The lowest BCUT2D eigenvalue weighted by atomic mass is 9.62. The summed E-state index contributed by atoms with van der Waals surface area (Å²) >= 11 is 6.01. The highest BCUT2D eigenvalue weighted by Crippen LogP contribution is 2.48. The minimum Gasteiger partial charge on any atom is -0.384 e. The number of fused-ring (bicyclic) bond motifs is 1. The second-order valence-corrected chi connectivity index (χ2v) is 8.55. The number of morpholine rings is 1. The Kier molecular flexibility index (Phi) is 5.69. The molecule has 2 aliphatic heterocycles. The Labute approximate surface area is 161 Å². The van der Waals surface area contributed by atoms with Crippen LogP contribution < -0.4 is 4.90 Å². The molecule has 0 spiro atoms. The molecule has 4 rings (SSSR count). The molecule has 0 radical (unpaired) electrons. The van der Waals surface area contributed by atoms with E-state index in [1.54, 1.807) is 6.20 Å². The van der Waals surface area contributed by atoms with Crippen molar-refractivity contribution >= 4 is 17.4 Å². The Morgan fingerprint density at radius 2 is 2.12 bits per heavy atom. The van der Waals surface area contributed by atoms with Crippen LogP contribution in [0.25, 0.3) is 0 Å². The fourth-order valence-electron chi connectivity index (χ4n) is 5.31. The number of piperidine rings is 1. The molecule has 3 fully saturated rings. The number of methoxy groups -OCH3 is 1. The Balaban J connectivity index is 1.47. The molecule has 5 nitrogen and oxygen atoms in total. The van der Waals surface area contributed by atoms with E-state index in [-0.39, 0.29) is 5.41 Å². The number of anilines is 1. The monoisotopic (exact) mass is 379 g/mol. The third kappa shape index (κ3) is 3.72. The van der Waals surface area contributed by atoms with Crippen LogP contribution in [0, 0.1) is 11.3 Å². The Bertz CT molecular complexity index is 593. The van der Waals surface area contributed by atoms with Gasteiger partial charge in [0.25, 0.3) is 0 Å². The van der Waals surface area contributed by atoms with Gasteiger partial charge >= 0.3 is 0 Å². The van der Waals surface area contributed by atoms with Crippen LogP contribution in [0.3, 0.4) is 0 Å². The summed E-state index contributed by atoms with van der Waals surface area (Å²) in [5.41, 5.74) is 0.247. The summed E-state index contributed by atoms with van der Waals surface area (Å²) in [6.45, 7) is 6.92. The smallest absolute Gasteiger partial charge is 0.128 e. The van der Waals surface area contributed by atoms with Gasteiger partial charge in [0.15, 0.2) is 0 Å². The maximum absolute atomic E-state index is 6.01. The Hall–Kier alpha value is -0.880. The molecule has 1 aromatic rings. The molecule has 144 valence electrons. The van der Waals surface area contributed by atoms with Crippen LogP contribution in [0.1, 0.15) is 25.7 Å². The summed E-state index contributed by atoms with van der Waals surface area (Å²) in [4.78, 5) is 9.64. The number of nitrogens with zero attached hydrogens (tertiary/aromatic N) is 3. The highest BCUT2D eigenvalue weighted by Gasteiger charge is 2.48. The van der Waals surface area contributed by atoms with Crippen LogP contribution in [0.15, 0.2) is 18.3 Å². The first kappa shape index (κ1) is 18.5. The van der Waals surface area contributed by atoms with Crippen LogP contribution >= 0.6 is 11.6 Å². The third-order valence-corrected chi connectivity index (χ3v) is 6.90. The zero-order chi connectivity index (χ0) is 18.0. The maximum Gasteiger partial charge on any atom is 0.128 e. The van der Waals surface area contributed by atoms with E-state index in [1.807, 2.05) is 19.2 Å². The Morgan fingerprint density at radius 3 is 2.85 bits per heavy atom. The topological polar surface area (TPSA) is 37.8 Å². The van der Waals surface area contributed by atoms with Gasteiger partial charge in [0.1, 0.15) is 5.82 Å². The summed E-state index contributed by atoms with van der Waals surface area (Å²) in [7, 11) is 1.85. The Morgan fingerprint density at radius 1 is 1.27 bits per heavy atom. The normalized spacial score (nSPS) is 33.1. The second kappa shape index (κ2) is 8.01. The molecule has 0 amide bonds. The molecule has 6 heteroatoms. The quantitative estimate of drug-likeness (QED) is 0.803. The molecular weight excluding hydrogens is 350 g/mol. The van der Waals surface area contributed by atoms with Gasteiger partial charge in [-0.15, -0.1) is 0 Å². The highest BCUT2D eigenvalue weighted by molar-refractivity contribution is 6.30. The standard InChI is InChI=1S/C20H30ClN3O2/c1-25-15-20-6-4-18(23-8-10-26-11-9-23)12-16(20)5-7-24(14-20)19-3-2-17(21)13-22-19/h2-3,13,16,18H,4-12,14-15H2,1H3/t16-,18-,20+/m1/s1. The van der Waals surface area contributed by atoms with Crippen LogP contribution in [-0.2, 0) is 9.47 Å². The first-order valence-corrected chi connectivity index (χ1v) is 10.3. The zero-order valence-electron chi connectivity index (χ0n) is 15.7. The number of hydrogen-bond acceptors (Lipinski definition) is 5. The predicted molar refractivity (Wildman–Crippen MR) is 104 cm³/mol. The minimum atomic E-state index is 0.247. The van der Waals surface area contributed by atoms with Crippen molar-refractivity contribution in [2.75, 3.05) is 58.0 Å². The largest absolute Gasteiger partial charge is 0.384 e. The van der Waals surface area contributed by atoms with Crippen molar-refractivity contribution in [3.05, 3.63) is 23.4 Å². The molecule has 0 aromatic carbocycles. The molecule has 0 bridgehead atoms. The maximum atomic E-state index is 6.01. The number of aromatic nitrogens is 1. The summed E-state index contributed by atoms with van der Waals surface area (Å²) in [6, 6.07) is 4.70. The van der Waals surface area contributed by atoms with Crippen molar-refractivity contribution in [1.29, 1.82) is 0 Å². The average molecular weight is 380 g/mol. The molecule has 1 aliphatic carbocycles. The lowest BCUT2D eigenvalue weighted by molar-refractivity contribution is -0.0540. The van der Waals surface area contributed by atoms with Gasteiger partial charge in [-0.3, -0.25) is 4.90 Å². The number of pyridine rings is 1. The van der Waals surface area contributed by atoms with Crippen molar-refractivity contribution in [3.63, 3.8) is 0 Å². The van der Waals surface area contributed by atoms with Gasteiger partial charge in [-0.05, 0) is 43.7 Å². The summed E-state index contributed by atoms with van der Waals surface area (Å²) in [5.74, 6) is 1.77. The molecule has 2 saturated heterocycles. The number of halogens is 1. The molecule has 0 unspecified atom stereocenters. The van der Waals surface area contributed by atoms with Crippen molar-refractivity contribution in [3.8, 4) is 0 Å². The van der Waals surface area contributed by atoms with Crippen molar-refractivity contribution < 1.29 is 9.47 Å². The average Bonchev–Trinajstić information content (AvgIpc) is 2.68. The predicted octanol–water partition coefficient (Wildman–Crippen LogP) is 3.08. The van der Waals surface area contributed by atoms with E-state index in [4.69, 9.17) is 21.1 Å². The molecule has 1 saturated carbocycles. The molecule has 3 aliphatic rings. The summed E-state index contributed by atoms with van der Waals surface area (Å²) < 4.78 is 11.3. The van der Waals surface area contributed by atoms with Gasteiger partial charge in [0.05, 0.1) is 24.8 Å². The third-order valence-electron chi connectivity index (χ3n) is 6.68. The fraction of sp³-hybridized carbons (Fsp3) is 0.750. The van der Waals surface area contributed by atoms with E-state index in [2.05, 4.69) is 14.8 Å². The lowest BCUT2D eigenvalue weighted by Crippen LogP contribution is -2.57. The van der Waals surface area contributed by atoms with E-state index in [0.717, 1.165) is 57.7 Å². The SMILES string of the molecule is COC[C@@]12CC[C@@H](N3CCOCC3)C[C@H]1CCN(c1ccc(Cl)cn1)C2. The fourth-order valence-corrected chi connectivity index (χ4v) is 5.42. The zero-order valence-corrected chi connectivity index (χ0v) is 16.5. The van der Waals surface area contributed by atoms with Gasteiger partial charge < -0.3 is 14.4 Å². The van der Waals surface area contributed by atoms with Gasteiger partial charge in [0, 0.05) is 50.9 Å². The van der Waals surface area contributed by atoms with Crippen molar-refractivity contribution in [1.82, 2.24) is 9.88 Å². The molecular formula is C20H30ClN3O2. The molecule has 1 aromatic heterocycles. The van der Waals surface area contributed by atoms with Crippen LogP contribution in [0.4, 0.5) is 5.82 Å². The molecule has 3 atom stereocenters. The second-order valence-electron chi connectivity index (χ2n) is 8.11. The first-order chi connectivity index (χ1) is 12.7. The molecule has 0 N–H and O–H groups in total. The molecule has 3 heterocycles. The van der Waals surface area contributed by atoms with Crippen LogP contribution in [-0.4, -0.2) is 69.0 Å². The number of rotatable bonds is 4. The highest BCUT2D eigenvalue weighted by atomic mass is 35.5. The van der Waals surface area contributed by atoms with E-state index in [1.165, 1.54) is 25.7 Å². The van der Waals surface area contributed by atoms with Crippen LogP contribution in [0.2, 0.25) is 5.02 Å². The van der Waals surface area contributed by atoms with E-state index in [0.29, 0.717) is 11.1 Å². The van der Waals surface area contributed by atoms with Gasteiger partial charge in [0.2, 0.25) is 0 Å². The summed E-state index contributed by atoms with van der Waals surface area (Å²) in [6.07, 6.45) is 6.76. The van der Waals surface area contributed by atoms with Gasteiger partial charge in [-0.1, -0.05) is 11.6 Å². The number of hydrogen-bond donors (Lipinski definition) is 0. The van der Waals surface area contributed by atoms with E-state index >= 15 is 0 Å². The van der Waals surface area contributed by atoms with Crippen molar-refractivity contribution in [2.24, 2.45) is 11.3 Å². The van der Waals surface area contributed by atoms with Gasteiger partial charge in [-0.25, -0.2) is 4.98 Å². The first-order valence-electron chi connectivity index (χ1n) is 9.87. The van der Waals surface area contributed by atoms with E-state index in [9.17, 15) is 0 Å². The van der Waals surface area contributed by atoms with E-state index < -0.39 is 0 Å². The summed E-state index contributed by atoms with van der Waals surface area (Å²) in [5, 5.41) is 0.696. The van der Waals surface area contributed by atoms with Crippen LogP contribution in [0.5, 0.6) is 0 Å². The minimum absolute atomic E-state index is 0.247. The lowest BCUT2D eigenvalue weighted by Gasteiger charge is -2.54. The number of ether oxygens (including phenoxy) is 2. The molecule has 26 heavy (non-hydrogen) atoms. The van der Waals surface area contributed by atoms with Gasteiger partial charge in [-0.2, -0.15) is 0 Å².